The molecule has 0 spiro atoms. The molecule has 3 aromatic rings. The Labute approximate surface area is 198 Å². The van der Waals surface area contributed by atoms with Crippen LogP contribution in [-0.2, 0) is 16.2 Å². The maximum atomic E-state index is 12.9. The molecule has 0 radical (unpaired) electrons. The molecule has 1 N–H and O–H groups in total. The first-order valence-electron chi connectivity index (χ1n) is 9.90. The molecule has 1 aliphatic rings. The molecule has 1 heterocycles. The molecule has 0 aliphatic carbocycles. The van der Waals surface area contributed by atoms with E-state index in [1.165, 1.54) is 12.1 Å². The number of hydrogen-bond acceptors (Lipinski definition) is 6. The van der Waals surface area contributed by atoms with Crippen molar-refractivity contribution in [1.82, 2.24) is 5.43 Å². The Morgan fingerprint density at radius 3 is 2.53 bits per heavy atom. The standard InChI is InChI=1S/C24H15ClN4O5/c25-18-10-17(11-20-23(30)27-28(24(20)31)19-8-2-1-3-9-19)22(21(12-18)29(32)33)34-14-16-7-5-4-6-15(16)13-26/h1-12H,14H2,(H,27,30). The van der Waals surface area contributed by atoms with E-state index >= 15 is 0 Å². The first-order chi connectivity index (χ1) is 16.4. The smallest absolute Gasteiger partial charge is 0.313 e. The van der Waals surface area contributed by atoms with Crippen molar-refractivity contribution < 1.29 is 19.2 Å². The highest BCUT2D eigenvalue weighted by molar-refractivity contribution is 6.32. The van der Waals surface area contributed by atoms with Crippen molar-refractivity contribution in [1.29, 1.82) is 5.26 Å². The fraction of sp³-hybridized carbons (Fsp3) is 0.0417. The third-order valence-electron chi connectivity index (χ3n) is 4.98. The Kier molecular flexibility index (Phi) is 6.25. The van der Waals surface area contributed by atoms with Crippen LogP contribution in [0.5, 0.6) is 5.75 Å². The van der Waals surface area contributed by atoms with Crippen LogP contribution < -0.4 is 15.2 Å². The van der Waals surface area contributed by atoms with Gasteiger partial charge in [-0.25, -0.2) is 5.01 Å². The Bertz CT molecular complexity index is 1380. The number of benzene rings is 3. The number of para-hydroxylation sites is 1. The highest BCUT2D eigenvalue weighted by atomic mass is 35.5. The Morgan fingerprint density at radius 1 is 1.12 bits per heavy atom. The number of rotatable bonds is 6. The van der Waals surface area contributed by atoms with Crippen molar-refractivity contribution >= 4 is 40.9 Å². The molecule has 9 nitrogen and oxygen atoms in total. The topological polar surface area (TPSA) is 126 Å². The number of nitrogens with zero attached hydrogens (tertiary/aromatic N) is 3. The van der Waals surface area contributed by atoms with E-state index in [0.717, 1.165) is 11.1 Å². The average molecular weight is 475 g/mol. The second-order valence-corrected chi connectivity index (χ2v) is 7.57. The zero-order valence-electron chi connectivity index (χ0n) is 17.4. The zero-order valence-corrected chi connectivity index (χ0v) is 18.2. The SMILES string of the molecule is N#Cc1ccccc1COc1c(C=C2C(=O)NN(c3ccccc3)C2=O)cc(Cl)cc1[N+](=O)[O-]. The van der Waals surface area contributed by atoms with Crippen molar-refractivity contribution in [2.45, 2.75) is 6.61 Å². The van der Waals surface area contributed by atoms with Gasteiger partial charge in [-0.05, 0) is 30.3 Å². The van der Waals surface area contributed by atoms with Crippen LogP contribution in [0.15, 0.2) is 72.3 Å². The van der Waals surface area contributed by atoms with Gasteiger partial charge in [0.05, 0.1) is 22.2 Å². The molecule has 1 aliphatic heterocycles. The van der Waals surface area contributed by atoms with Crippen molar-refractivity contribution in [2.24, 2.45) is 0 Å². The van der Waals surface area contributed by atoms with E-state index < -0.39 is 22.4 Å². The molecule has 10 heteroatoms. The van der Waals surface area contributed by atoms with Crippen LogP contribution in [-0.4, -0.2) is 16.7 Å². The van der Waals surface area contributed by atoms with E-state index in [4.69, 9.17) is 16.3 Å². The summed E-state index contributed by atoms with van der Waals surface area (Å²) in [7, 11) is 0. The molecule has 1 saturated heterocycles. The minimum absolute atomic E-state index is 0.0223. The molecule has 0 aromatic heterocycles. The number of halogens is 1. The lowest BCUT2D eigenvalue weighted by Crippen LogP contribution is -2.35. The van der Waals surface area contributed by atoms with Gasteiger partial charge >= 0.3 is 5.69 Å². The number of nitrogens with one attached hydrogen (secondary N) is 1. The van der Waals surface area contributed by atoms with Crippen LogP contribution in [0.3, 0.4) is 0 Å². The summed E-state index contributed by atoms with van der Waals surface area (Å²) in [6.45, 7) is -0.154. The summed E-state index contributed by atoms with van der Waals surface area (Å²) in [4.78, 5) is 36.5. The maximum absolute atomic E-state index is 12.9. The van der Waals surface area contributed by atoms with E-state index in [9.17, 15) is 25.0 Å². The average Bonchev–Trinajstić information content (AvgIpc) is 3.12. The normalized spacial score (nSPS) is 14.1. The van der Waals surface area contributed by atoms with E-state index in [1.54, 1.807) is 54.6 Å². The largest absolute Gasteiger partial charge is 0.481 e. The van der Waals surface area contributed by atoms with Crippen molar-refractivity contribution in [3.63, 3.8) is 0 Å². The van der Waals surface area contributed by atoms with Gasteiger partial charge in [0.25, 0.3) is 11.8 Å². The van der Waals surface area contributed by atoms with Gasteiger partial charge in [-0.15, -0.1) is 0 Å². The number of anilines is 1. The molecule has 4 rings (SSSR count). The van der Waals surface area contributed by atoms with E-state index in [0.29, 0.717) is 16.8 Å². The van der Waals surface area contributed by atoms with E-state index in [1.807, 2.05) is 6.07 Å². The van der Waals surface area contributed by atoms with Gasteiger partial charge in [-0.1, -0.05) is 48.0 Å². The number of nitro benzene ring substituents is 1. The number of hydrogen-bond donors (Lipinski definition) is 1. The number of ether oxygens (including phenoxy) is 1. The minimum atomic E-state index is -0.683. The van der Waals surface area contributed by atoms with Crippen LogP contribution >= 0.6 is 11.6 Å². The van der Waals surface area contributed by atoms with Gasteiger partial charge in [0.1, 0.15) is 12.2 Å². The Morgan fingerprint density at radius 2 is 1.82 bits per heavy atom. The van der Waals surface area contributed by atoms with Crippen molar-refractivity contribution in [3.05, 3.63) is 104 Å². The van der Waals surface area contributed by atoms with Crippen molar-refractivity contribution in [2.75, 3.05) is 5.01 Å². The highest BCUT2D eigenvalue weighted by Crippen LogP contribution is 2.37. The summed E-state index contributed by atoms with van der Waals surface area (Å²) < 4.78 is 5.75. The quantitative estimate of drug-likeness (QED) is 0.247. The first kappa shape index (κ1) is 22.5. The predicted octanol–water partition coefficient (Wildman–Crippen LogP) is 4.16. The van der Waals surface area contributed by atoms with Gasteiger partial charge < -0.3 is 4.74 Å². The third kappa shape index (κ3) is 4.44. The Hall–Kier alpha value is -4.68. The fourth-order valence-corrected chi connectivity index (χ4v) is 3.60. The molecule has 3 aromatic carbocycles. The first-order valence-corrected chi connectivity index (χ1v) is 10.3. The second-order valence-electron chi connectivity index (χ2n) is 7.13. The molecule has 168 valence electrons. The van der Waals surface area contributed by atoms with Gasteiger partial charge in [0.15, 0.2) is 0 Å². The predicted molar refractivity (Wildman–Crippen MR) is 124 cm³/mol. The summed E-state index contributed by atoms with van der Waals surface area (Å²) >= 11 is 6.09. The van der Waals surface area contributed by atoms with Crippen LogP contribution in [0.25, 0.3) is 6.08 Å². The maximum Gasteiger partial charge on any atom is 0.313 e. The Balaban J connectivity index is 1.75. The number of carbonyl (C=O) groups is 2. The number of nitro groups is 1. The summed E-state index contributed by atoms with van der Waals surface area (Å²) in [6, 6.07) is 19.6. The van der Waals surface area contributed by atoms with E-state index in [2.05, 4.69) is 5.43 Å². The molecule has 1 fully saturated rings. The van der Waals surface area contributed by atoms with Crippen LogP contribution in [0.4, 0.5) is 11.4 Å². The number of nitriles is 1. The molecule has 0 bridgehead atoms. The van der Waals surface area contributed by atoms with Gasteiger partial charge in [-0.2, -0.15) is 5.26 Å². The summed E-state index contributed by atoms with van der Waals surface area (Å²) in [5.74, 6) is -1.51. The molecular formula is C24H15ClN4O5. The second kappa shape index (κ2) is 9.44. The molecule has 0 unspecified atom stereocenters. The molecule has 0 saturated carbocycles. The lowest BCUT2D eigenvalue weighted by Gasteiger charge is -2.14. The minimum Gasteiger partial charge on any atom is -0.481 e. The van der Waals surface area contributed by atoms with Crippen LogP contribution in [0.1, 0.15) is 16.7 Å². The molecular weight excluding hydrogens is 460 g/mol. The summed E-state index contributed by atoms with van der Waals surface area (Å²) in [6.07, 6.45) is 1.20. The van der Waals surface area contributed by atoms with Crippen molar-refractivity contribution in [3.8, 4) is 11.8 Å². The lowest BCUT2D eigenvalue weighted by atomic mass is 10.1. The summed E-state index contributed by atoms with van der Waals surface area (Å²) in [5.41, 5.74) is 3.16. The fourth-order valence-electron chi connectivity index (χ4n) is 3.38. The zero-order chi connectivity index (χ0) is 24.2. The van der Waals surface area contributed by atoms with Crippen LogP contribution in [0, 0.1) is 21.4 Å². The van der Waals surface area contributed by atoms with Gasteiger partial charge in [0.2, 0.25) is 5.75 Å². The van der Waals surface area contributed by atoms with Crippen LogP contribution in [0.2, 0.25) is 5.02 Å². The lowest BCUT2D eigenvalue weighted by molar-refractivity contribution is -0.385. The number of hydrazine groups is 1. The molecule has 0 atom stereocenters. The van der Waals surface area contributed by atoms with E-state index in [-0.39, 0.29) is 28.5 Å². The highest BCUT2D eigenvalue weighted by Gasteiger charge is 2.35. The molecule has 2 amide bonds. The third-order valence-corrected chi connectivity index (χ3v) is 5.19. The van der Waals surface area contributed by atoms with Gasteiger partial charge in [-0.3, -0.25) is 25.1 Å². The number of carbonyl (C=O) groups excluding carboxylic acids is 2. The monoisotopic (exact) mass is 474 g/mol. The number of amides is 2. The summed E-state index contributed by atoms with van der Waals surface area (Å²) in [5, 5.41) is 22.1. The van der Waals surface area contributed by atoms with Gasteiger partial charge in [0, 0.05) is 22.2 Å². The molecule has 34 heavy (non-hydrogen) atoms.